The lowest BCUT2D eigenvalue weighted by molar-refractivity contribution is -0.134. The fourth-order valence-electron chi connectivity index (χ4n) is 2.03. The molecular formula is C15H12FNO3. The maximum absolute atomic E-state index is 13.1. The van der Waals surface area contributed by atoms with Gasteiger partial charge < -0.3 is 9.57 Å². The van der Waals surface area contributed by atoms with E-state index in [-0.39, 0.29) is 5.82 Å². The molecule has 1 amide bonds. The molecule has 0 spiro atoms. The summed E-state index contributed by atoms with van der Waals surface area (Å²) in [6, 6.07) is 13.1. The molecule has 3 rings (SSSR count). The highest BCUT2D eigenvalue weighted by molar-refractivity contribution is 5.81. The molecule has 2 aromatic rings. The summed E-state index contributed by atoms with van der Waals surface area (Å²) in [7, 11) is 0. The third-order valence-corrected chi connectivity index (χ3v) is 3.00. The molecule has 5 heteroatoms. The van der Waals surface area contributed by atoms with Crippen LogP contribution in [0.2, 0.25) is 0 Å². The minimum atomic E-state index is -0.699. The molecule has 0 fully saturated rings. The van der Waals surface area contributed by atoms with Crippen LogP contribution >= 0.6 is 0 Å². The van der Waals surface area contributed by atoms with Gasteiger partial charge in [0.15, 0.2) is 11.9 Å². The van der Waals surface area contributed by atoms with Crippen molar-refractivity contribution < 1.29 is 18.8 Å². The van der Waals surface area contributed by atoms with Crippen LogP contribution in [0.3, 0.4) is 0 Å². The number of hydrogen-bond donors (Lipinski definition) is 1. The lowest BCUT2D eigenvalue weighted by Gasteiger charge is -2.11. The summed E-state index contributed by atoms with van der Waals surface area (Å²) in [5.74, 6) is 0.327. The molecule has 2 aromatic carbocycles. The van der Waals surface area contributed by atoms with Gasteiger partial charge in [-0.15, -0.1) is 0 Å². The molecule has 1 aliphatic rings. The standard InChI is InChI=1S/C15H12FNO3/c16-11-6-7-13-10(8-11)9-14(19-13)15(18)17-20-12-4-2-1-3-5-12/h1-8,14H,9H2,(H,17,18). The molecule has 0 aromatic heterocycles. The number of hydrogen-bond acceptors (Lipinski definition) is 3. The molecule has 1 aliphatic heterocycles. The topological polar surface area (TPSA) is 47.6 Å². The van der Waals surface area contributed by atoms with E-state index < -0.39 is 12.0 Å². The average molecular weight is 273 g/mol. The van der Waals surface area contributed by atoms with Crippen molar-refractivity contribution >= 4 is 5.91 Å². The lowest BCUT2D eigenvalue weighted by Crippen LogP contribution is -2.39. The van der Waals surface area contributed by atoms with E-state index in [0.717, 1.165) is 0 Å². The maximum Gasteiger partial charge on any atom is 0.293 e. The van der Waals surface area contributed by atoms with Gasteiger partial charge in [-0.05, 0) is 30.3 Å². The Kier molecular flexibility index (Phi) is 3.25. The first-order valence-electron chi connectivity index (χ1n) is 6.19. The van der Waals surface area contributed by atoms with Gasteiger partial charge in [-0.2, -0.15) is 5.48 Å². The second kappa shape index (κ2) is 5.21. The summed E-state index contributed by atoms with van der Waals surface area (Å²) in [5, 5.41) is 0. The minimum absolute atomic E-state index is 0.330. The molecule has 0 saturated carbocycles. The van der Waals surface area contributed by atoms with Gasteiger partial charge in [-0.25, -0.2) is 4.39 Å². The maximum atomic E-state index is 13.1. The van der Waals surface area contributed by atoms with Crippen molar-refractivity contribution in [2.24, 2.45) is 0 Å². The summed E-state index contributed by atoms with van der Waals surface area (Å²) in [4.78, 5) is 17.1. The van der Waals surface area contributed by atoms with Crippen LogP contribution in [0.1, 0.15) is 5.56 Å². The number of rotatable bonds is 3. The number of halogens is 1. The van der Waals surface area contributed by atoms with E-state index >= 15 is 0 Å². The molecule has 102 valence electrons. The van der Waals surface area contributed by atoms with Crippen LogP contribution < -0.4 is 15.1 Å². The molecule has 20 heavy (non-hydrogen) atoms. The molecule has 1 unspecified atom stereocenters. The Hall–Kier alpha value is -2.56. The van der Waals surface area contributed by atoms with Crippen LogP contribution in [-0.2, 0) is 11.2 Å². The zero-order chi connectivity index (χ0) is 13.9. The van der Waals surface area contributed by atoms with Crippen molar-refractivity contribution in [2.75, 3.05) is 0 Å². The number of amides is 1. The molecule has 4 nitrogen and oxygen atoms in total. The van der Waals surface area contributed by atoms with Crippen molar-refractivity contribution in [3.8, 4) is 11.5 Å². The van der Waals surface area contributed by atoms with E-state index in [1.54, 1.807) is 24.3 Å². The summed E-state index contributed by atoms with van der Waals surface area (Å²) < 4.78 is 18.5. The highest BCUT2D eigenvalue weighted by Crippen LogP contribution is 2.29. The van der Waals surface area contributed by atoms with Gasteiger partial charge >= 0.3 is 0 Å². The Morgan fingerprint density at radius 2 is 2.05 bits per heavy atom. The molecule has 1 N–H and O–H groups in total. The fraction of sp³-hybridized carbons (Fsp3) is 0.133. The van der Waals surface area contributed by atoms with E-state index in [1.165, 1.54) is 18.2 Å². The monoisotopic (exact) mass is 273 g/mol. The van der Waals surface area contributed by atoms with E-state index in [2.05, 4.69) is 5.48 Å². The number of hydroxylamine groups is 1. The van der Waals surface area contributed by atoms with Crippen LogP contribution in [0.4, 0.5) is 4.39 Å². The second-order valence-electron chi connectivity index (χ2n) is 4.44. The first kappa shape index (κ1) is 12.5. The van der Waals surface area contributed by atoms with Crippen molar-refractivity contribution in [1.29, 1.82) is 0 Å². The van der Waals surface area contributed by atoms with Crippen molar-refractivity contribution in [1.82, 2.24) is 5.48 Å². The summed E-state index contributed by atoms with van der Waals surface area (Å²) in [5.41, 5.74) is 3.02. The summed E-state index contributed by atoms with van der Waals surface area (Å²) in [6.07, 6.45) is -0.368. The average Bonchev–Trinajstić information content (AvgIpc) is 2.89. The Labute approximate surface area is 115 Å². The van der Waals surface area contributed by atoms with E-state index in [4.69, 9.17) is 9.57 Å². The molecule has 0 saturated heterocycles. The predicted molar refractivity (Wildman–Crippen MR) is 69.7 cm³/mol. The van der Waals surface area contributed by atoms with Gasteiger partial charge in [0.1, 0.15) is 11.6 Å². The minimum Gasteiger partial charge on any atom is -0.480 e. The molecule has 1 heterocycles. The van der Waals surface area contributed by atoms with E-state index in [1.807, 2.05) is 6.07 Å². The molecular weight excluding hydrogens is 261 g/mol. The number of carbonyl (C=O) groups excluding carboxylic acids is 1. The van der Waals surface area contributed by atoms with E-state index in [0.29, 0.717) is 23.5 Å². The quantitative estimate of drug-likeness (QED) is 0.872. The first-order chi connectivity index (χ1) is 9.72. The van der Waals surface area contributed by atoms with Crippen LogP contribution in [0, 0.1) is 5.82 Å². The van der Waals surface area contributed by atoms with Gasteiger partial charge in [0.05, 0.1) is 0 Å². The van der Waals surface area contributed by atoms with Gasteiger partial charge in [-0.3, -0.25) is 4.79 Å². The highest BCUT2D eigenvalue weighted by atomic mass is 19.1. The van der Waals surface area contributed by atoms with Crippen LogP contribution in [0.25, 0.3) is 0 Å². The number of fused-ring (bicyclic) bond motifs is 1. The van der Waals surface area contributed by atoms with Crippen LogP contribution in [0.15, 0.2) is 48.5 Å². The molecule has 0 aliphatic carbocycles. The summed E-state index contributed by atoms with van der Waals surface area (Å²) in [6.45, 7) is 0. The molecule has 0 bridgehead atoms. The zero-order valence-corrected chi connectivity index (χ0v) is 10.5. The number of ether oxygens (including phenoxy) is 1. The van der Waals surface area contributed by atoms with Crippen molar-refractivity contribution in [3.05, 3.63) is 59.9 Å². The lowest BCUT2D eigenvalue weighted by atomic mass is 10.1. The Bertz CT molecular complexity index is 630. The van der Waals surface area contributed by atoms with Crippen LogP contribution in [-0.4, -0.2) is 12.0 Å². The number of para-hydroxylation sites is 1. The Morgan fingerprint density at radius 3 is 2.85 bits per heavy atom. The van der Waals surface area contributed by atoms with Crippen molar-refractivity contribution in [2.45, 2.75) is 12.5 Å². The third-order valence-electron chi connectivity index (χ3n) is 3.00. The van der Waals surface area contributed by atoms with Crippen molar-refractivity contribution in [3.63, 3.8) is 0 Å². The predicted octanol–water partition coefficient (Wildman–Crippen LogP) is 2.24. The van der Waals surface area contributed by atoms with Gasteiger partial charge in [-0.1, -0.05) is 18.2 Å². The Morgan fingerprint density at radius 1 is 1.25 bits per heavy atom. The second-order valence-corrected chi connectivity index (χ2v) is 4.44. The molecule has 0 radical (unpaired) electrons. The fourth-order valence-corrected chi connectivity index (χ4v) is 2.03. The van der Waals surface area contributed by atoms with Gasteiger partial charge in [0, 0.05) is 12.0 Å². The van der Waals surface area contributed by atoms with Gasteiger partial charge in [0.25, 0.3) is 5.91 Å². The number of benzene rings is 2. The smallest absolute Gasteiger partial charge is 0.293 e. The van der Waals surface area contributed by atoms with E-state index in [9.17, 15) is 9.18 Å². The highest BCUT2D eigenvalue weighted by Gasteiger charge is 2.29. The third kappa shape index (κ3) is 2.56. The zero-order valence-electron chi connectivity index (χ0n) is 10.5. The Balaban J connectivity index is 1.60. The van der Waals surface area contributed by atoms with Crippen LogP contribution in [0.5, 0.6) is 11.5 Å². The largest absolute Gasteiger partial charge is 0.480 e. The molecule has 1 atom stereocenters. The summed E-state index contributed by atoms with van der Waals surface area (Å²) >= 11 is 0. The van der Waals surface area contributed by atoms with Gasteiger partial charge in [0.2, 0.25) is 0 Å². The number of carbonyl (C=O) groups is 1. The number of nitrogens with one attached hydrogen (secondary N) is 1. The normalized spacial score (nSPS) is 16.1. The SMILES string of the molecule is O=C(NOc1ccccc1)C1Cc2cc(F)ccc2O1. The first-order valence-corrected chi connectivity index (χ1v) is 6.19.